The third kappa shape index (κ3) is 7.30. The first-order chi connectivity index (χ1) is 14.4. The van der Waals surface area contributed by atoms with Gasteiger partial charge in [-0.05, 0) is 19.3 Å². The first kappa shape index (κ1) is 30.1. The first-order valence-electron chi connectivity index (χ1n) is 8.85. The molecular formula is C16H21F7O8S. The van der Waals surface area contributed by atoms with E-state index >= 15 is 0 Å². The summed E-state index contributed by atoms with van der Waals surface area (Å²) in [5.74, 6) is -13.5. The molecule has 1 N–H and O–H groups in total. The van der Waals surface area contributed by atoms with Gasteiger partial charge in [-0.15, -0.1) is 0 Å². The minimum atomic E-state index is -6.48. The van der Waals surface area contributed by atoms with Crippen LogP contribution in [0.15, 0.2) is 12.7 Å². The van der Waals surface area contributed by atoms with Crippen molar-refractivity contribution in [3.63, 3.8) is 0 Å². The Labute approximate surface area is 178 Å². The minimum absolute atomic E-state index is 0.145. The third-order valence-electron chi connectivity index (χ3n) is 3.72. The Morgan fingerprint density at radius 2 is 1.56 bits per heavy atom. The van der Waals surface area contributed by atoms with Gasteiger partial charge in [-0.1, -0.05) is 19.9 Å². The van der Waals surface area contributed by atoms with Crippen LogP contribution in [0.5, 0.6) is 0 Å². The number of carbonyl (C=O) groups excluding carboxylic acids is 2. The summed E-state index contributed by atoms with van der Waals surface area (Å²) < 4.78 is 136. The highest BCUT2D eigenvalue weighted by atomic mass is 32.2. The lowest BCUT2D eigenvalue weighted by Gasteiger charge is -2.32. The van der Waals surface area contributed by atoms with Crippen molar-refractivity contribution in [1.29, 1.82) is 0 Å². The van der Waals surface area contributed by atoms with E-state index in [0.717, 1.165) is 0 Å². The van der Waals surface area contributed by atoms with E-state index in [-0.39, 0.29) is 12.5 Å². The predicted molar refractivity (Wildman–Crippen MR) is 92.2 cm³/mol. The summed E-state index contributed by atoms with van der Waals surface area (Å²) in [4.78, 5) is 23.4. The van der Waals surface area contributed by atoms with E-state index in [0.29, 0.717) is 6.42 Å². The molecule has 8 nitrogen and oxygen atoms in total. The second-order valence-electron chi connectivity index (χ2n) is 6.23. The van der Waals surface area contributed by atoms with Gasteiger partial charge in [0.25, 0.3) is 0 Å². The zero-order valence-electron chi connectivity index (χ0n) is 16.6. The molecule has 0 aromatic rings. The van der Waals surface area contributed by atoms with Gasteiger partial charge in [0.15, 0.2) is 0 Å². The Kier molecular flexibility index (Phi) is 10.6. The lowest BCUT2D eigenvalue weighted by atomic mass is 10.1. The topological polar surface area (TPSA) is 116 Å². The number of carbonyl (C=O) groups is 2. The molecule has 0 aliphatic carbocycles. The van der Waals surface area contributed by atoms with E-state index in [4.69, 9.17) is 4.55 Å². The van der Waals surface area contributed by atoms with Gasteiger partial charge in [-0.25, -0.2) is 9.59 Å². The van der Waals surface area contributed by atoms with Crippen molar-refractivity contribution >= 4 is 22.1 Å². The average Bonchev–Trinajstić information content (AvgIpc) is 2.64. The maximum Gasteiger partial charge on any atom is 0.468 e. The van der Waals surface area contributed by atoms with E-state index in [1.54, 1.807) is 6.92 Å². The van der Waals surface area contributed by atoms with E-state index in [2.05, 4.69) is 20.8 Å². The molecule has 1 unspecified atom stereocenters. The average molecular weight is 506 g/mol. The molecule has 1 atom stereocenters. The molecule has 0 spiro atoms. The second-order valence-corrected chi connectivity index (χ2v) is 7.69. The Bertz CT molecular complexity index is 767. The Morgan fingerprint density at radius 3 is 2.00 bits per heavy atom. The van der Waals surface area contributed by atoms with Crippen molar-refractivity contribution in [3.05, 3.63) is 12.7 Å². The fraction of sp³-hybridized carbons (Fsp3) is 0.750. The van der Waals surface area contributed by atoms with Crippen LogP contribution in [0.4, 0.5) is 30.7 Å². The van der Waals surface area contributed by atoms with Crippen molar-refractivity contribution < 1.29 is 67.5 Å². The van der Waals surface area contributed by atoms with Crippen molar-refractivity contribution in [2.24, 2.45) is 0 Å². The second kappa shape index (κ2) is 11.3. The molecule has 0 aliphatic rings. The molecule has 0 heterocycles. The largest absolute Gasteiger partial charge is 0.468 e. The molecule has 0 radical (unpaired) electrons. The number of unbranched alkanes of at least 4 members (excludes halogenated alkanes) is 2. The number of rotatable bonds is 14. The number of ether oxygens (including phenoxy) is 3. The minimum Gasteiger partial charge on any atom is -0.461 e. The van der Waals surface area contributed by atoms with Gasteiger partial charge >= 0.3 is 45.2 Å². The molecule has 0 saturated heterocycles. The molecule has 32 heavy (non-hydrogen) atoms. The normalized spacial score (nSPS) is 15.0. The predicted octanol–water partition coefficient (Wildman–Crippen LogP) is 3.62. The van der Waals surface area contributed by atoms with Gasteiger partial charge in [-0.3, -0.25) is 4.55 Å². The molecule has 0 aromatic heterocycles. The molecule has 16 heteroatoms. The maximum absolute atomic E-state index is 13.6. The smallest absolute Gasteiger partial charge is 0.461 e. The summed E-state index contributed by atoms with van der Waals surface area (Å²) in [6, 6.07) is 0. The number of hydrogen-bond donors (Lipinski definition) is 1. The van der Waals surface area contributed by atoms with Crippen molar-refractivity contribution in [3.8, 4) is 0 Å². The van der Waals surface area contributed by atoms with Crippen LogP contribution in [0.1, 0.15) is 39.0 Å². The maximum atomic E-state index is 13.6. The van der Waals surface area contributed by atoms with E-state index in [1.165, 1.54) is 0 Å². The molecule has 0 rings (SSSR count). The highest BCUT2D eigenvalue weighted by molar-refractivity contribution is 7.87. The van der Waals surface area contributed by atoms with Gasteiger partial charge in [0, 0.05) is 12.5 Å². The van der Waals surface area contributed by atoms with Crippen LogP contribution in [0, 0.1) is 0 Å². The lowest BCUT2D eigenvalue weighted by molar-refractivity contribution is -0.354. The van der Waals surface area contributed by atoms with Crippen LogP contribution >= 0.6 is 0 Å². The summed E-state index contributed by atoms with van der Waals surface area (Å²) in [6.45, 7) is 2.77. The number of hydrogen-bond acceptors (Lipinski definition) is 7. The summed E-state index contributed by atoms with van der Waals surface area (Å²) in [5, 5.41) is -5.85. The fourth-order valence-electron chi connectivity index (χ4n) is 1.97. The van der Waals surface area contributed by atoms with Gasteiger partial charge in [0.1, 0.15) is 0 Å². The van der Waals surface area contributed by atoms with E-state index < -0.39 is 77.7 Å². The molecule has 0 saturated carbocycles. The van der Waals surface area contributed by atoms with Gasteiger partial charge in [-0.2, -0.15) is 39.2 Å². The molecular weight excluding hydrogens is 485 g/mol. The zero-order valence-corrected chi connectivity index (χ0v) is 17.4. The Hall–Kier alpha value is -1.94. The third-order valence-corrected chi connectivity index (χ3v) is 4.67. The van der Waals surface area contributed by atoms with Crippen LogP contribution in [0.3, 0.4) is 0 Å². The highest BCUT2D eigenvalue weighted by Crippen LogP contribution is 2.42. The monoisotopic (exact) mass is 506 g/mol. The molecule has 0 aromatic carbocycles. The Morgan fingerprint density at radius 1 is 1.00 bits per heavy atom. The SMILES string of the molecule is C=CC(=O)OC(OCCCCC(F)(F)C(F)(F)S(=O)(=O)O)(C(=O)OCCCC)C(F)(F)F. The Balaban J connectivity index is 5.41. The highest BCUT2D eigenvalue weighted by Gasteiger charge is 2.68. The molecule has 188 valence electrons. The van der Waals surface area contributed by atoms with Crippen LogP contribution < -0.4 is 0 Å². The van der Waals surface area contributed by atoms with Crippen LogP contribution in [-0.2, 0) is 33.9 Å². The van der Waals surface area contributed by atoms with Crippen molar-refractivity contribution in [2.75, 3.05) is 13.2 Å². The number of halogens is 7. The standard InChI is InChI=1S/C16H21F7O8S/c1-3-5-9-29-12(25)14(15(19,20)21,31-11(24)4-2)30-10-7-6-8-13(17,18)16(22,23)32(26,27)28/h4H,2-3,5-10H2,1H3,(H,26,27,28). The summed E-state index contributed by atoms with van der Waals surface area (Å²) >= 11 is 0. The quantitative estimate of drug-likeness (QED) is 0.0949. The zero-order chi connectivity index (χ0) is 25.4. The number of alkyl halides is 7. The first-order valence-corrected chi connectivity index (χ1v) is 10.3. The van der Waals surface area contributed by atoms with E-state index in [9.17, 15) is 48.7 Å². The molecule has 0 bridgehead atoms. The summed E-state index contributed by atoms with van der Waals surface area (Å²) in [7, 11) is -6.48. The molecule has 0 amide bonds. The van der Waals surface area contributed by atoms with Gasteiger partial charge in [0.05, 0.1) is 13.2 Å². The van der Waals surface area contributed by atoms with Gasteiger partial charge in [0.2, 0.25) is 0 Å². The van der Waals surface area contributed by atoms with E-state index in [1.807, 2.05) is 0 Å². The number of esters is 2. The van der Waals surface area contributed by atoms with Crippen molar-refractivity contribution in [1.82, 2.24) is 0 Å². The van der Waals surface area contributed by atoms with Crippen LogP contribution in [-0.4, -0.2) is 61.3 Å². The van der Waals surface area contributed by atoms with Crippen LogP contribution in [0.25, 0.3) is 0 Å². The molecule has 0 aliphatic heterocycles. The fourth-order valence-corrected chi connectivity index (χ4v) is 2.45. The van der Waals surface area contributed by atoms with Crippen molar-refractivity contribution in [2.45, 2.75) is 62.2 Å². The van der Waals surface area contributed by atoms with Gasteiger partial charge < -0.3 is 14.2 Å². The lowest BCUT2D eigenvalue weighted by Crippen LogP contribution is -2.58. The summed E-state index contributed by atoms with van der Waals surface area (Å²) in [6.07, 6.45) is -8.61. The molecule has 0 fully saturated rings. The summed E-state index contributed by atoms with van der Waals surface area (Å²) in [5.41, 5.74) is 0. The van der Waals surface area contributed by atoms with Crippen LogP contribution in [0.2, 0.25) is 0 Å².